The predicted octanol–water partition coefficient (Wildman–Crippen LogP) is 3.62. The summed E-state index contributed by atoms with van der Waals surface area (Å²) < 4.78 is 30.8. The number of carbonyl (C=O) groups is 1. The van der Waals surface area contributed by atoms with Crippen LogP contribution in [0.4, 0.5) is 5.69 Å². The lowest BCUT2D eigenvalue weighted by Crippen LogP contribution is -2.40. The van der Waals surface area contributed by atoms with Crippen LogP contribution in [0.15, 0.2) is 17.0 Å². The van der Waals surface area contributed by atoms with Crippen LogP contribution in [0.25, 0.3) is 0 Å². The summed E-state index contributed by atoms with van der Waals surface area (Å²) in [5.41, 5.74) is -0.683. The first-order valence-corrected chi connectivity index (χ1v) is 10.3. The number of nitrogens with one attached hydrogen (secondary N) is 1. The highest BCUT2D eigenvalue weighted by atomic mass is 35.5. The SMILES string of the molecule is CC(C)(C)C(=O)Nc1ccc(Cl)c(S(=O)(=O)C(C)(C)C2CCOC2)c1O. The van der Waals surface area contributed by atoms with Crippen LogP contribution in [0.2, 0.25) is 5.02 Å². The van der Waals surface area contributed by atoms with Crippen molar-refractivity contribution in [2.75, 3.05) is 18.5 Å². The topological polar surface area (TPSA) is 92.7 Å². The van der Waals surface area contributed by atoms with E-state index in [4.69, 9.17) is 16.3 Å². The molecule has 1 saturated heterocycles. The summed E-state index contributed by atoms with van der Waals surface area (Å²) in [6.45, 7) is 9.22. The summed E-state index contributed by atoms with van der Waals surface area (Å²) in [7, 11) is -3.99. The fraction of sp³-hybridized carbons (Fsp3) is 0.611. The van der Waals surface area contributed by atoms with Crippen LogP contribution < -0.4 is 5.32 Å². The molecule has 2 N–H and O–H groups in total. The number of halogens is 1. The van der Waals surface area contributed by atoms with Crippen LogP contribution in [0.3, 0.4) is 0 Å². The lowest BCUT2D eigenvalue weighted by Gasteiger charge is -2.31. The molecule has 0 spiro atoms. The van der Waals surface area contributed by atoms with Gasteiger partial charge in [0.05, 0.1) is 22.1 Å². The Labute approximate surface area is 159 Å². The zero-order valence-electron chi connectivity index (χ0n) is 15.7. The van der Waals surface area contributed by atoms with Gasteiger partial charge in [-0.25, -0.2) is 8.42 Å². The number of sulfone groups is 1. The Morgan fingerprint density at radius 1 is 1.27 bits per heavy atom. The third-order valence-corrected chi connectivity index (χ3v) is 7.98. The molecule has 0 radical (unpaired) electrons. The largest absolute Gasteiger partial charge is 0.504 e. The first kappa shape index (κ1) is 21.0. The lowest BCUT2D eigenvalue weighted by atomic mass is 9.94. The van der Waals surface area contributed by atoms with Gasteiger partial charge in [-0.3, -0.25) is 4.79 Å². The third kappa shape index (κ3) is 3.70. The summed E-state index contributed by atoms with van der Waals surface area (Å²) >= 11 is 6.14. The number of hydrogen-bond acceptors (Lipinski definition) is 5. The summed E-state index contributed by atoms with van der Waals surface area (Å²) in [6.07, 6.45) is 0.616. The van der Waals surface area contributed by atoms with Crippen LogP contribution in [0.5, 0.6) is 5.75 Å². The molecule has 26 heavy (non-hydrogen) atoms. The van der Waals surface area contributed by atoms with Gasteiger partial charge in [-0.2, -0.15) is 0 Å². The summed E-state index contributed by atoms with van der Waals surface area (Å²) in [5.74, 6) is -1.10. The molecule has 0 aromatic heterocycles. The quantitative estimate of drug-likeness (QED) is 0.749. The molecule has 1 aliphatic heterocycles. The second-order valence-corrected chi connectivity index (χ2v) is 11.0. The standard InChI is InChI=1S/C18H26ClNO5S/c1-17(2,3)16(22)20-13-7-6-12(19)15(14(13)21)26(23,24)18(4,5)11-8-9-25-10-11/h6-7,11,21H,8-10H2,1-5H3,(H,20,22). The number of hydrogen-bond donors (Lipinski definition) is 2. The van der Waals surface area contributed by atoms with Crippen LogP contribution in [0, 0.1) is 11.3 Å². The van der Waals surface area contributed by atoms with E-state index in [0.717, 1.165) is 0 Å². The minimum atomic E-state index is -3.99. The summed E-state index contributed by atoms with van der Waals surface area (Å²) in [5, 5.41) is 13.1. The van der Waals surface area contributed by atoms with Crippen LogP contribution in [-0.2, 0) is 19.4 Å². The van der Waals surface area contributed by atoms with Crippen molar-refractivity contribution in [1.82, 2.24) is 0 Å². The Bertz CT molecular complexity index is 806. The molecule has 6 nitrogen and oxygen atoms in total. The van der Waals surface area contributed by atoms with E-state index in [0.29, 0.717) is 19.6 Å². The first-order valence-electron chi connectivity index (χ1n) is 8.45. The van der Waals surface area contributed by atoms with Crippen LogP contribution in [0.1, 0.15) is 41.0 Å². The van der Waals surface area contributed by atoms with Crippen molar-refractivity contribution in [1.29, 1.82) is 0 Å². The van der Waals surface area contributed by atoms with Crippen molar-refractivity contribution >= 4 is 33.0 Å². The molecule has 1 aromatic carbocycles. The van der Waals surface area contributed by atoms with E-state index in [1.807, 2.05) is 0 Å². The van der Waals surface area contributed by atoms with Gasteiger partial charge in [-0.05, 0) is 32.4 Å². The second-order valence-electron chi connectivity index (χ2n) is 8.14. The normalized spacial score (nSPS) is 18.8. The maximum Gasteiger partial charge on any atom is 0.229 e. The minimum Gasteiger partial charge on any atom is -0.504 e. The average Bonchev–Trinajstić information content (AvgIpc) is 3.03. The summed E-state index contributed by atoms with van der Waals surface area (Å²) in [6, 6.07) is 2.76. The Balaban J connectivity index is 2.52. The molecule has 1 fully saturated rings. The van der Waals surface area contributed by atoms with E-state index < -0.39 is 25.7 Å². The molecule has 1 atom stereocenters. The number of amides is 1. The molecule has 2 rings (SSSR count). The highest BCUT2D eigenvalue weighted by molar-refractivity contribution is 7.93. The number of anilines is 1. The van der Waals surface area contributed by atoms with E-state index in [-0.39, 0.29) is 27.4 Å². The maximum absolute atomic E-state index is 13.3. The number of benzene rings is 1. The van der Waals surface area contributed by atoms with Crippen molar-refractivity contribution in [3.05, 3.63) is 17.2 Å². The second kappa shape index (κ2) is 7.02. The van der Waals surface area contributed by atoms with E-state index in [1.54, 1.807) is 34.6 Å². The van der Waals surface area contributed by atoms with E-state index in [2.05, 4.69) is 5.32 Å². The molecular weight excluding hydrogens is 378 g/mol. The van der Waals surface area contributed by atoms with Crippen molar-refractivity contribution in [2.24, 2.45) is 11.3 Å². The van der Waals surface area contributed by atoms with Gasteiger partial charge in [0, 0.05) is 17.9 Å². The monoisotopic (exact) mass is 403 g/mol. The van der Waals surface area contributed by atoms with E-state index >= 15 is 0 Å². The number of ether oxygens (including phenoxy) is 1. The molecule has 146 valence electrons. The number of aromatic hydroxyl groups is 1. The highest BCUT2D eigenvalue weighted by Crippen LogP contribution is 2.45. The zero-order valence-corrected chi connectivity index (χ0v) is 17.3. The molecule has 0 aliphatic carbocycles. The first-order chi connectivity index (χ1) is 11.8. The van der Waals surface area contributed by atoms with Gasteiger partial charge in [-0.15, -0.1) is 0 Å². The zero-order chi connectivity index (χ0) is 19.9. The Kier molecular flexibility index (Phi) is 5.67. The van der Waals surface area contributed by atoms with Gasteiger partial charge in [-0.1, -0.05) is 32.4 Å². The Hall–Kier alpha value is -1.31. The van der Waals surface area contributed by atoms with Crippen molar-refractivity contribution < 1.29 is 23.1 Å². The van der Waals surface area contributed by atoms with Gasteiger partial charge in [0.2, 0.25) is 5.91 Å². The lowest BCUT2D eigenvalue weighted by molar-refractivity contribution is -0.123. The summed E-state index contributed by atoms with van der Waals surface area (Å²) in [4.78, 5) is 11.9. The highest BCUT2D eigenvalue weighted by Gasteiger charge is 2.46. The predicted molar refractivity (Wildman–Crippen MR) is 101 cm³/mol. The average molecular weight is 404 g/mol. The number of phenolic OH excluding ortho intramolecular Hbond substituents is 1. The minimum absolute atomic E-state index is 0.0198. The van der Waals surface area contributed by atoms with Crippen LogP contribution >= 0.6 is 11.6 Å². The maximum atomic E-state index is 13.3. The van der Waals surface area contributed by atoms with E-state index in [1.165, 1.54) is 12.1 Å². The van der Waals surface area contributed by atoms with Gasteiger partial charge in [0.25, 0.3) is 0 Å². The third-order valence-electron chi connectivity index (χ3n) is 4.89. The molecule has 8 heteroatoms. The van der Waals surface area contributed by atoms with Crippen molar-refractivity contribution in [3.63, 3.8) is 0 Å². The molecule has 1 amide bonds. The number of rotatable bonds is 4. The molecule has 0 bridgehead atoms. The van der Waals surface area contributed by atoms with Gasteiger partial charge in [0.15, 0.2) is 15.6 Å². The Morgan fingerprint density at radius 2 is 1.88 bits per heavy atom. The van der Waals surface area contributed by atoms with Gasteiger partial charge < -0.3 is 15.2 Å². The number of carbonyl (C=O) groups excluding carboxylic acids is 1. The number of phenols is 1. The smallest absolute Gasteiger partial charge is 0.229 e. The molecule has 1 aromatic rings. The van der Waals surface area contributed by atoms with Gasteiger partial charge in [0.1, 0.15) is 4.90 Å². The molecule has 0 saturated carbocycles. The fourth-order valence-electron chi connectivity index (χ4n) is 2.78. The molecular formula is C18H26ClNO5S. The van der Waals surface area contributed by atoms with Crippen LogP contribution in [-0.4, -0.2) is 37.4 Å². The molecule has 1 heterocycles. The molecule has 1 aliphatic rings. The van der Waals surface area contributed by atoms with E-state index in [9.17, 15) is 18.3 Å². The molecule has 1 unspecified atom stereocenters. The van der Waals surface area contributed by atoms with Gasteiger partial charge >= 0.3 is 0 Å². The fourth-order valence-corrected chi connectivity index (χ4v) is 5.08. The van der Waals surface area contributed by atoms with Crippen molar-refractivity contribution in [3.8, 4) is 5.75 Å². The Morgan fingerprint density at radius 3 is 2.38 bits per heavy atom. The van der Waals surface area contributed by atoms with Crippen molar-refractivity contribution in [2.45, 2.75) is 50.7 Å².